The van der Waals surface area contributed by atoms with E-state index in [1.54, 1.807) is 35.2 Å². The second-order valence-electron chi connectivity index (χ2n) is 7.36. The number of hydrogen-bond acceptors (Lipinski definition) is 3. The SMILES string of the molecule is CC(=O)c1ccccc1C(=O)N1CCC(CO)(Cc2cccc(F)c2)CC1. The average molecular weight is 369 g/mol. The van der Waals surface area contributed by atoms with Gasteiger partial charge in [0.05, 0.1) is 5.56 Å². The monoisotopic (exact) mass is 369 g/mol. The third-order valence-electron chi connectivity index (χ3n) is 5.45. The quantitative estimate of drug-likeness (QED) is 0.821. The minimum atomic E-state index is -0.356. The summed E-state index contributed by atoms with van der Waals surface area (Å²) in [4.78, 5) is 26.4. The minimum absolute atomic E-state index is 0.00439. The molecule has 0 aromatic heterocycles. The molecular weight excluding hydrogens is 345 g/mol. The molecule has 5 heteroatoms. The van der Waals surface area contributed by atoms with Crippen molar-refractivity contribution in [2.24, 2.45) is 5.41 Å². The maximum Gasteiger partial charge on any atom is 0.254 e. The molecule has 142 valence electrons. The number of likely N-dealkylation sites (tertiary alicyclic amines) is 1. The van der Waals surface area contributed by atoms with Gasteiger partial charge < -0.3 is 10.0 Å². The fourth-order valence-electron chi connectivity index (χ4n) is 3.80. The van der Waals surface area contributed by atoms with E-state index < -0.39 is 0 Å². The van der Waals surface area contributed by atoms with Crippen LogP contribution in [0.25, 0.3) is 0 Å². The molecule has 4 nitrogen and oxygen atoms in total. The molecule has 1 amide bonds. The van der Waals surface area contributed by atoms with Crippen LogP contribution in [-0.2, 0) is 6.42 Å². The fourth-order valence-corrected chi connectivity index (χ4v) is 3.80. The van der Waals surface area contributed by atoms with Crippen molar-refractivity contribution in [3.8, 4) is 0 Å². The number of Topliss-reactive ketones (excluding diaryl/α,β-unsaturated/α-hetero) is 1. The third-order valence-corrected chi connectivity index (χ3v) is 5.45. The zero-order valence-electron chi connectivity index (χ0n) is 15.5. The van der Waals surface area contributed by atoms with E-state index >= 15 is 0 Å². The number of carbonyl (C=O) groups is 2. The van der Waals surface area contributed by atoms with Crippen molar-refractivity contribution >= 4 is 11.7 Å². The van der Waals surface area contributed by atoms with Crippen molar-refractivity contribution in [2.75, 3.05) is 19.7 Å². The van der Waals surface area contributed by atoms with Crippen molar-refractivity contribution in [3.05, 3.63) is 71.0 Å². The number of amides is 1. The summed E-state index contributed by atoms with van der Waals surface area (Å²) in [7, 11) is 0. The number of aliphatic hydroxyl groups is 1. The molecule has 0 saturated carbocycles. The lowest BCUT2D eigenvalue weighted by Crippen LogP contribution is -2.45. The number of benzene rings is 2. The van der Waals surface area contributed by atoms with E-state index in [9.17, 15) is 19.1 Å². The van der Waals surface area contributed by atoms with Gasteiger partial charge in [-0.3, -0.25) is 9.59 Å². The zero-order chi connectivity index (χ0) is 19.4. The normalized spacial score (nSPS) is 16.2. The van der Waals surface area contributed by atoms with Crippen LogP contribution in [0.1, 0.15) is 46.0 Å². The van der Waals surface area contributed by atoms with Gasteiger partial charge in [-0.25, -0.2) is 4.39 Å². The summed E-state index contributed by atoms with van der Waals surface area (Å²) in [6.45, 7) is 2.45. The van der Waals surface area contributed by atoms with E-state index in [0.717, 1.165) is 5.56 Å². The van der Waals surface area contributed by atoms with E-state index in [4.69, 9.17) is 0 Å². The first-order chi connectivity index (χ1) is 12.9. The van der Waals surface area contributed by atoms with Crippen LogP contribution >= 0.6 is 0 Å². The molecule has 1 fully saturated rings. The summed E-state index contributed by atoms with van der Waals surface area (Å²) >= 11 is 0. The highest BCUT2D eigenvalue weighted by Gasteiger charge is 2.36. The Kier molecular flexibility index (Phi) is 5.71. The lowest BCUT2D eigenvalue weighted by molar-refractivity contribution is 0.0357. The largest absolute Gasteiger partial charge is 0.396 e. The summed E-state index contributed by atoms with van der Waals surface area (Å²) in [5.41, 5.74) is 1.35. The molecule has 1 aliphatic heterocycles. The van der Waals surface area contributed by atoms with Gasteiger partial charge in [0.25, 0.3) is 5.91 Å². The Balaban J connectivity index is 1.72. The van der Waals surface area contributed by atoms with Crippen molar-refractivity contribution in [2.45, 2.75) is 26.2 Å². The van der Waals surface area contributed by atoms with Crippen LogP contribution in [-0.4, -0.2) is 41.4 Å². The molecule has 1 saturated heterocycles. The van der Waals surface area contributed by atoms with E-state index in [2.05, 4.69) is 0 Å². The lowest BCUT2D eigenvalue weighted by Gasteiger charge is -2.41. The highest BCUT2D eigenvalue weighted by molar-refractivity contribution is 6.07. The number of halogens is 1. The average Bonchev–Trinajstić information content (AvgIpc) is 2.68. The van der Waals surface area contributed by atoms with Gasteiger partial charge in [-0.15, -0.1) is 0 Å². The van der Waals surface area contributed by atoms with Crippen molar-refractivity contribution in [3.63, 3.8) is 0 Å². The van der Waals surface area contributed by atoms with Gasteiger partial charge in [0.1, 0.15) is 5.82 Å². The molecule has 27 heavy (non-hydrogen) atoms. The molecule has 0 spiro atoms. The molecule has 1 N–H and O–H groups in total. The van der Waals surface area contributed by atoms with E-state index in [1.807, 2.05) is 6.07 Å². The predicted octanol–water partition coefficient (Wildman–Crippen LogP) is 3.49. The van der Waals surface area contributed by atoms with Gasteiger partial charge in [0, 0.05) is 30.7 Å². The van der Waals surface area contributed by atoms with Crippen molar-refractivity contribution in [1.29, 1.82) is 0 Å². The van der Waals surface area contributed by atoms with Crippen LogP contribution in [0.3, 0.4) is 0 Å². The number of carbonyl (C=O) groups excluding carboxylic acids is 2. The van der Waals surface area contributed by atoms with Crippen molar-refractivity contribution in [1.82, 2.24) is 4.90 Å². The van der Waals surface area contributed by atoms with Gasteiger partial charge in [-0.05, 0) is 49.9 Å². The Hall–Kier alpha value is -2.53. The van der Waals surface area contributed by atoms with Crippen LogP contribution in [0.5, 0.6) is 0 Å². The Bertz CT molecular complexity index is 841. The van der Waals surface area contributed by atoms with E-state index in [1.165, 1.54) is 19.1 Å². The Morgan fingerprint density at radius 1 is 1.07 bits per heavy atom. The summed E-state index contributed by atoms with van der Waals surface area (Å²) in [5, 5.41) is 9.99. The predicted molar refractivity (Wildman–Crippen MR) is 101 cm³/mol. The highest BCUT2D eigenvalue weighted by Crippen LogP contribution is 2.35. The van der Waals surface area contributed by atoms with Gasteiger partial charge >= 0.3 is 0 Å². The number of rotatable bonds is 5. The van der Waals surface area contributed by atoms with Crippen molar-refractivity contribution < 1.29 is 19.1 Å². The number of ketones is 1. The molecule has 0 radical (unpaired) electrons. The first kappa shape index (κ1) is 19.2. The van der Waals surface area contributed by atoms with E-state index in [-0.39, 0.29) is 29.5 Å². The second-order valence-corrected chi connectivity index (χ2v) is 7.36. The number of aliphatic hydroxyl groups excluding tert-OH is 1. The summed E-state index contributed by atoms with van der Waals surface area (Å²) in [6.07, 6.45) is 1.84. The van der Waals surface area contributed by atoms with Crippen LogP contribution < -0.4 is 0 Å². The summed E-state index contributed by atoms with van der Waals surface area (Å²) < 4.78 is 13.5. The molecule has 2 aromatic carbocycles. The summed E-state index contributed by atoms with van der Waals surface area (Å²) in [5.74, 6) is -0.570. The second kappa shape index (κ2) is 8.01. The molecule has 1 aliphatic rings. The molecule has 1 heterocycles. The first-order valence-electron chi connectivity index (χ1n) is 9.19. The van der Waals surface area contributed by atoms with Gasteiger partial charge in [0.2, 0.25) is 0 Å². The highest BCUT2D eigenvalue weighted by atomic mass is 19.1. The number of hydrogen-bond donors (Lipinski definition) is 1. The zero-order valence-corrected chi connectivity index (χ0v) is 15.5. The van der Waals surface area contributed by atoms with E-state index in [0.29, 0.717) is 43.5 Å². The van der Waals surface area contributed by atoms with Gasteiger partial charge in [0.15, 0.2) is 5.78 Å². The number of nitrogens with zero attached hydrogens (tertiary/aromatic N) is 1. The van der Waals surface area contributed by atoms with Crippen LogP contribution in [0.4, 0.5) is 4.39 Å². The molecule has 0 bridgehead atoms. The molecular formula is C22H24FNO3. The molecule has 0 atom stereocenters. The molecule has 3 rings (SSSR count). The van der Waals surface area contributed by atoms with Crippen LogP contribution in [0.15, 0.2) is 48.5 Å². The third kappa shape index (κ3) is 4.25. The summed E-state index contributed by atoms with van der Waals surface area (Å²) in [6, 6.07) is 13.3. The first-order valence-corrected chi connectivity index (χ1v) is 9.19. The fraction of sp³-hybridized carbons (Fsp3) is 0.364. The van der Waals surface area contributed by atoms with Crippen LogP contribution in [0, 0.1) is 11.2 Å². The minimum Gasteiger partial charge on any atom is -0.396 e. The molecule has 2 aromatic rings. The topological polar surface area (TPSA) is 57.6 Å². The standard InChI is InChI=1S/C22H24FNO3/c1-16(26)19-7-2-3-8-20(19)21(27)24-11-9-22(15-25,10-12-24)14-17-5-4-6-18(23)13-17/h2-8,13,25H,9-12,14-15H2,1H3. The Morgan fingerprint density at radius 3 is 2.33 bits per heavy atom. The number of piperidine rings is 1. The van der Waals surface area contributed by atoms with Gasteiger partial charge in [-0.2, -0.15) is 0 Å². The maximum absolute atomic E-state index is 13.5. The smallest absolute Gasteiger partial charge is 0.254 e. The van der Waals surface area contributed by atoms with Crippen LogP contribution in [0.2, 0.25) is 0 Å². The molecule has 0 unspecified atom stereocenters. The Labute approximate surface area is 158 Å². The maximum atomic E-state index is 13.5. The Morgan fingerprint density at radius 2 is 1.74 bits per heavy atom. The molecule has 0 aliphatic carbocycles. The lowest BCUT2D eigenvalue weighted by atomic mass is 9.74. The van der Waals surface area contributed by atoms with Gasteiger partial charge in [-0.1, -0.05) is 30.3 Å².